The van der Waals surface area contributed by atoms with E-state index in [-0.39, 0.29) is 29.8 Å². The topological polar surface area (TPSA) is 55.1 Å². The molecule has 3 nitrogen and oxygen atoms in total. The molecule has 4 heteroatoms. The molecule has 0 aromatic heterocycles. The molecule has 1 rings (SSSR count). The van der Waals surface area contributed by atoms with Gasteiger partial charge in [-0.05, 0) is 37.3 Å². The van der Waals surface area contributed by atoms with Crippen molar-refractivity contribution in [2.45, 2.75) is 65.8 Å². The van der Waals surface area contributed by atoms with Crippen molar-refractivity contribution in [2.75, 3.05) is 6.54 Å². The number of nitrogens with one attached hydrogen (secondary N) is 1. The van der Waals surface area contributed by atoms with E-state index in [9.17, 15) is 4.79 Å². The summed E-state index contributed by atoms with van der Waals surface area (Å²) in [5.41, 5.74) is 7.88. The summed E-state index contributed by atoms with van der Waals surface area (Å²) in [5.74, 6) is 0.147. The van der Waals surface area contributed by atoms with Crippen LogP contribution in [0.15, 0.2) is 24.3 Å². The number of unbranched alkanes of at least 4 members (excludes halogenated alkanes) is 3. The van der Waals surface area contributed by atoms with Gasteiger partial charge in [-0.1, -0.05) is 63.4 Å². The van der Waals surface area contributed by atoms with Gasteiger partial charge in [0.1, 0.15) is 0 Å². The van der Waals surface area contributed by atoms with Crippen LogP contribution in [0, 0.1) is 12.3 Å². The monoisotopic (exact) mass is 340 g/mol. The van der Waals surface area contributed by atoms with Crippen LogP contribution in [0.3, 0.4) is 0 Å². The maximum absolute atomic E-state index is 12.3. The molecule has 1 atom stereocenters. The molecule has 1 aromatic carbocycles. The van der Waals surface area contributed by atoms with Gasteiger partial charge in [0.2, 0.25) is 5.91 Å². The van der Waals surface area contributed by atoms with Crippen molar-refractivity contribution in [3.05, 3.63) is 35.4 Å². The number of benzene rings is 1. The van der Waals surface area contributed by atoms with Gasteiger partial charge in [-0.15, -0.1) is 12.4 Å². The predicted octanol–water partition coefficient (Wildman–Crippen LogP) is 4.53. The normalized spacial score (nSPS) is 12.4. The first-order valence-electron chi connectivity index (χ1n) is 8.40. The lowest BCUT2D eigenvalue weighted by Crippen LogP contribution is -2.36. The lowest BCUT2D eigenvalue weighted by Gasteiger charge is -2.32. The molecule has 0 aliphatic rings. The first-order chi connectivity index (χ1) is 10.3. The van der Waals surface area contributed by atoms with Crippen molar-refractivity contribution in [3.63, 3.8) is 0 Å². The highest BCUT2D eigenvalue weighted by molar-refractivity contribution is 5.85. The molecule has 0 spiro atoms. The fourth-order valence-corrected chi connectivity index (χ4v) is 2.67. The van der Waals surface area contributed by atoms with Crippen molar-refractivity contribution in [1.82, 2.24) is 5.32 Å². The van der Waals surface area contributed by atoms with Crippen LogP contribution in [0.5, 0.6) is 0 Å². The average molecular weight is 341 g/mol. The van der Waals surface area contributed by atoms with Gasteiger partial charge in [0, 0.05) is 6.42 Å². The summed E-state index contributed by atoms with van der Waals surface area (Å²) in [6.07, 6.45) is 4.79. The molecule has 0 heterocycles. The van der Waals surface area contributed by atoms with E-state index in [1.807, 2.05) is 0 Å². The Morgan fingerprint density at radius 3 is 2.39 bits per heavy atom. The van der Waals surface area contributed by atoms with E-state index in [2.05, 4.69) is 57.3 Å². The first-order valence-corrected chi connectivity index (χ1v) is 8.40. The Hall–Kier alpha value is -1.06. The summed E-state index contributed by atoms with van der Waals surface area (Å²) in [7, 11) is 0. The molecule has 1 unspecified atom stereocenters. The zero-order valence-electron chi connectivity index (χ0n) is 15.0. The number of hydrogen-bond acceptors (Lipinski definition) is 2. The molecule has 0 saturated carbocycles. The van der Waals surface area contributed by atoms with Gasteiger partial charge in [0.15, 0.2) is 0 Å². The van der Waals surface area contributed by atoms with Gasteiger partial charge < -0.3 is 11.1 Å². The second kappa shape index (κ2) is 10.7. The van der Waals surface area contributed by atoms with Crippen molar-refractivity contribution in [2.24, 2.45) is 11.1 Å². The zero-order valence-corrected chi connectivity index (χ0v) is 15.8. The van der Waals surface area contributed by atoms with Gasteiger partial charge in [-0.2, -0.15) is 0 Å². The summed E-state index contributed by atoms with van der Waals surface area (Å²) in [6, 6.07) is 8.45. The molecule has 1 amide bonds. The van der Waals surface area contributed by atoms with E-state index in [4.69, 9.17) is 5.73 Å². The van der Waals surface area contributed by atoms with E-state index in [1.165, 1.54) is 11.1 Å². The minimum Gasteiger partial charge on any atom is -0.349 e. The predicted molar refractivity (Wildman–Crippen MR) is 101 cm³/mol. The number of nitrogens with two attached hydrogens (primary N) is 1. The van der Waals surface area contributed by atoms with E-state index in [1.54, 1.807) is 0 Å². The smallest absolute Gasteiger partial charge is 0.220 e. The molecule has 1 aromatic rings. The summed E-state index contributed by atoms with van der Waals surface area (Å²) >= 11 is 0. The number of hydrogen-bond donors (Lipinski definition) is 2. The fraction of sp³-hybridized carbons (Fsp3) is 0.632. The third kappa shape index (κ3) is 8.38. The van der Waals surface area contributed by atoms with Gasteiger partial charge in [-0.3, -0.25) is 4.79 Å². The van der Waals surface area contributed by atoms with E-state index in [0.717, 1.165) is 32.2 Å². The second-order valence-electron chi connectivity index (χ2n) is 7.23. The molecular weight excluding hydrogens is 308 g/mol. The Labute approximate surface area is 147 Å². The van der Waals surface area contributed by atoms with Crippen LogP contribution in [0.4, 0.5) is 0 Å². The lowest BCUT2D eigenvalue weighted by molar-refractivity contribution is -0.122. The Morgan fingerprint density at radius 2 is 1.83 bits per heavy atom. The van der Waals surface area contributed by atoms with Crippen molar-refractivity contribution in [1.29, 1.82) is 0 Å². The van der Waals surface area contributed by atoms with Crippen LogP contribution < -0.4 is 11.1 Å². The molecule has 23 heavy (non-hydrogen) atoms. The van der Waals surface area contributed by atoms with Crippen LogP contribution in [-0.4, -0.2) is 12.5 Å². The van der Waals surface area contributed by atoms with Crippen LogP contribution in [0.2, 0.25) is 0 Å². The molecule has 0 bridgehead atoms. The summed E-state index contributed by atoms with van der Waals surface area (Å²) in [4.78, 5) is 12.3. The standard InChI is InChI=1S/C19H32N2O.ClH/c1-15-10-9-11-16(14-15)18(19(2,3)4)21-17(22)12-7-5-6-8-13-20;/h9-11,14,18H,5-8,12-13,20H2,1-4H3,(H,21,22);1H. The van der Waals surface area contributed by atoms with E-state index >= 15 is 0 Å². The number of amides is 1. The first kappa shape index (κ1) is 21.9. The number of rotatable bonds is 8. The highest BCUT2D eigenvalue weighted by Gasteiger charge is 2.27. The summed E-state index contributed by atoms with van der Waals surface area (Å²) in [5, 5.41) is 3.23. The minimum absolute atomic E-state index is 0. The maximum atomic E-state index is 12.3. The molecule has 3 N–H and O–H groups in total. The Morgan fingerprint density at radius 1 is 1.17 bits per heavy atom. The SMILES string of the molecule is Cc1cccc(C(NC(=O)CCCCCCN)C(C)(C)C)c1.Cl. The molecule has 0 aliphatic heterocycles. The lowest BCUT2D eigenvalue weighted by atomic mass is 9.82. The van der Waals surface area contributed by atoms with Gasteiger partial charge in [0.25, 0.3) is 0 Å². The Bertz CT molecular complexity index is 469. The van der Waals surface area contributed by atoms with Crippen molar-refractivity contribution < 1.29 is 4.79 Å². The summed E-state index contributed by atoms with van der Waals surface area (Å²) < 4.78 is 0. The summed E-state index contributed by atoms with van der Waals surface area (Å²) in [6.45, 7) is 9.33. The molecule has 0 aliphatic carbocycles. The largest absolute Gasteiger partial charge is 0.349 e. The van der Waals surface area contributed by atoms with E-state index < -0.39 is 0 Å². The Balaban J connectivity index is 0.00000484. The number of carbonyl (C=O) groups excluding carboxylic acids is 1. The van der Waals surface area contributed by atoms with Crippen LogP contribution in [-0.2, 0) is 4.79 Å². The highest BCUT2D eigenvalue weighted by atomic mass is 35.5. The van der Waals surface area contributed by atoms with E-state index in [0.29, 0.717) is 6.42 Å². The third-order valence-corrected chi connectivity index (χ3v) is 3.90. The van der Waals surface area contributed by atoms with Crippen LogP contribution in [0.1, 0.15) is 70.0 Å². The minimum atomic E-state index is -0.0109. The van der Waals surface area contributed by atoms with Crippen molar-refractivity contribution in [3.8, 4) is 0 Å². The number of halogens is 1. The van der Waals surface area contributed by atoms with Gasteiger partial charge >= 0.3 is 0 Å². The second-order valence-corrected chi connectivity index (χ2v) is 7.23. The van der Waals surface area contributed by atoms with Crippen LogP contribution >= 0.6 is 12.4 Å². The van der Waals surface area contributed by atoms with Crippen LogP contribution in [0.25, 0.3) is 0 Å². The molecule has 0 fully saturated rings. The number of aryl methyl sites for hydroxylation is 1. The quantitative estimate of drug-likeness (QED) is 0.683. The number of carbonyl (C=O) groups is 1. The molecular formula is C19H33ClN2O. The fourth-order valence-electron chi connectivity index (χ4n) is 2.67. The molecule has 0 saturated heterocycles. The Kier molecular flexibility index (Phi) is 10.2. The van der Waals surface area contributed by atoms with Crippen molar-refractivity contribution >= 4 is 18.3 Å². The maximum Gasteiger partial charge on any atom is 0.220 e. The zero-order chi connectivity index (χ0) is 16.6. The molecule has 132 valence electrons. The average Bonchev–Trinajstić information content (AvgIpc) is 2.43. The van der Waals surface area contributed by atoms with Gasteiger partial charge in [-0.25, -0.2) is 0 Å². The molecule has 0 radical (unpaired) electrons. The highest BCUT2D eigenvalue weighted by Crippen LogP contribution is 2.33. The van der Waals surface area contributed by atoms with Gasteiger partial charge in [0.05, 0.1) is 6.04 Å². The third-order valence-electron chi connectivity index (χ3n) is 3.90.